The third kappa shape index (κ3) is 3.44. The van der Waals surface area contributed by atoms with E-state index in [0.29, 0.717) is 5.56 Å². The predicted octanol–water partition coefficient (Wildman–Crippen LogP) is 3.99. The van der Waals surface area contributed by atoms with Crippen molar-refractivity contribution in [2.75, 3.05) is 0 Å². The van der Waals surface area contributed by atoms with Crippen LogP contribution in [0.3, 0.4) is 0 Å². The molecule has 0 aliphatic rings. The molecule has 104 valence electrons. The van der Waals surface area contributed by atoms with Crippen LogP contribution in [0.15, 0.2) is 30.5 Å². The van der Waals surface area contributed by atoms with Crippen molar-refractivity contribution >= 4 is 11.3 Å². The first kappa shape index (κ1) is 14.7. The van der Waals surface area contributed by atoms with Crippen molar-refractivity contribution in [3.8, 4) is 6.07 Å². The number of aromatic nitrogens is 1. The molecule has 0 aliphatic carbocycles. The molecule has 1 N–H and O–H groups in total. The Morgan fingerprint density at radius 1 is 1.35 bits per heavy atom. The number of nitrogens with zero attached hydrogens (tertiary/aromatic N) is 2. The van der Waals surface area contributed by atoms with Crippen LogP contribution in [0.2, 0.25) is 0 Å². The highest BCUT2D eigenvalue weighted by atomic mass is 32.1. The maximum absolute atomic E-state index is 8.95. The smallest absolute Gasteiger partial charge is 0.109 e. The van der Waals surface area contributed by atoms with Gasteiger partial charge in [0.25, 0.3) is 0 Å². The summed E-state index contributed by atoms with van der Waals surface area (Å²) in [6.07, 6.45) is 2.99. The van der Waals surface area contributed by atoms with Crippen molar-refractivity contribution in [1.82, 2.24) is 10.3 Å². The summed E-state index contributed by atoms with van der Waals surface area (Å²) >= 11 is 1.76. The SMILES string of the molecule is CCc1cnc(C(C)NC(C)c2cccc(C#N)c2)s1. The minimum absolute atomic E-state index is 0.187. The van der Waals surface area contributed by atoms with Gasteiger partial charge in [-0.2, -0.15) is 5.26 Å². The van der Waals surface area contributed by atoms with Crippen molar-refractivity contribution in [3.05, 3.63) is 51.5 Å². The molecule has 4 heteroatoms. The van der Waals surface area contributed by atoms with Gasteiger partial charge in [0.2, 0.25) is 0 Å². The zero-order valence-corrected chi connectivity index (χ0v) is 12.9. The second-order valence-corrected chi connectivity index (χ2v) is 6.01. The largest absolute Gasteiger partial charge is 0.302 e. The highest BCUT2D eigenvalue weighted by Gasteiger charge is 2.14. The summed E-state index contributed by atoms with van der Waals surface area (Å²) in [5, 5.41) is 13.6. The first-order valence-corrected chi connectivity index (χ1v) is 7.66. The van der Waals surface area contributed by atoms with Crippen molar-refractivity contribution < 1.29 is 0 Å². The minimum atomic E-state index is 0.187. The fourth-order valence-corrected chi connectivity index (χ4v) is 2.97. The topological polar surface area (TPSA) is 48.7 Å². The Morgan fingerprint density at radius 2 is 2.15 bits per heavy atom. The molecule has 0 saturated carbocycles. The molecule has 2 unspecified atom stereocenters. The number of hydrogen-bond acceptors (Lipinski definition) is 4. The van der Waals surface area contributed by atoms with Crippen molar-refractivity contribution in [1.29, 1.82) is 5.26 Å². The zero-order chi connectivity index (χ0) is 14.5. The average molecular weight is 285 g/mol. The summed E-state index contributed by atoms with van der Waals surface area (Å²) < 4.78 is 0. The van der Waals surface area contributed by atoms with Crippen LogP contribution in [0.25, 0.3) is 0 Å². The first-order valence-electron chi connectivity index (χ1n) is 6.84. The lowest BCUT2D eigenvalue weighted by Crippen LogP contribution is -2.22. The van der Waals surface area contributed by atoms with Crippen LogP contribution in [0.1, 0.15) is 53.9 Å². The quantitative estimate of drug-likeness (QED) is 0.903. The Bertz CT molecular complexity index is 612. The number of rotatable bonds is 5. The molecule has 2 aromatic rings. The van der Waals surface area contributed by atoms with Crippen molar-refractivity contribution in [2.24, 2.45) is 0 Å². The number of nitrogens with one attached hydrogen (secondary N) is 1. The number of benzene rings is 1. The van der Waals surface area contributed by atoms with E-state index in [2.05, 4.69) is 37.1 Å². The van der Waals surface area contributed by atoms with Crippen molar-refractivity contribution in [3.63, 3.8) is 0 Å². The lowest BCUT2D eigenvalue weighted by Gasteiger charge is -2.19. The molecule has 0 saturated heterocycles. The molecule has 2 rings (SSSR count). The summed E-state index contributed by atoms with van der Waals surface area (Å²) in [7, 11) is 0. The summed E-state index contributed by atoms with van der Waals surface area (Å²) in [6.45, 7) is 6.38. The Morgan fingerprint density at radius 3 is 2.80 bits per heavy atom. The molecule has 0 bridgehead atoms. The van der Waals surface area contributed by atoms with E-state index < -0.39 is 0 Å². The molecule has 3 nitrogen and oxygen atoms in total. The highest BCUT2D eigenvalue weighted by molar-refractivity contribution is 7.11. The second kappa shape index (κ2) is 6.65. The van der Waals surface area contributed by atoms with Gasteiger partial charge in [0.05, 0.1) is 17.7 Å². The van der Waals surface area contributed by atoms with Crippen molar-refractivity contribution in [2.45, 2.75) is 39.3 Å². The van der Waals surface area contributed by atoms with Gasteiger partial charge in [-0.05, 0) is 38.0 Å². The van der Waals surface area contributed by atoms with Gasteiger partial charge >= 0.3 is 0 Å². The molecule has 0 amide bonds. The Balaban J connectivity index is 2.06. The number of aryl methyl sites for hydroxylation is 1. The van der Waals surface area contributed by atoms with Gasteiger partial charge in [0.1, 0.15) is 5.01 Å². The highest BCUT2D eigenvalue weighted by Crippen LogP contribution is 2.23. The van der Waals surface area contributed by atoms with Crippen LogP contribution in [0.5, 0.6) is 0 Å². The summed E-state index contributed by atoms with van der Waals surface area (Å²) in [5.41, 5.74) is 1.83. The second-order valence-electron chi connectivity index (χ2n) is 4.87. The first-order chi connectivity index (χ1) is 9.63. The van der Waals surface area contributed by atoms with Crippen LogP contribution in [0, 0.1) is 11.3 Å². The maximum atomic E-state index is 8.95. The van der Waals surface area contributed by atoms with Gasteiger partial charge in [-0.1, -0.05) is 19.1 Å². The molecule has 1 aromatic carbocycles. The van der Waals surface area contributed by atoms with Crippen LogP contribution in [0.4, 0.5) is 0 Å². The van der Waals surface area contributed by atoms with Gasteiger partial charge in [-0.3, -0.25) is 0 Å². The summed E-state index contributed by atoms with van der Waals surface area (Å²) in [5.74, 6) is 0. The molecule has 0 spiro atoms. The van der Waals surface area contributed by atoms with Crippen LogP contribution in [-0.4, -0.2) is 4.98 Å². The molecular formula is C16H19N3S. The number of nitriles is 1. The molecule has 20 heavy (non-hydrogen) atoms. The minimum Gasteiger partial charge on any atom is -0.302 e. The van der Waals surface area contributed by atoms with E-state index >= 15 is 0 Å². The monoisotopic (exact) mass is 285 g/mol. The van der Waals surface area contributed by atoms with E-state index in [4.69, 9.17) is 5.26 Å². The van der Waals surface area contributed by atoms with Gasteiger partial charge < -0.3 is 5.32 Å². The fourth-order valence-electron chi connectivity index (χ4n) is 2.11. The molecular weight excluding hydrogens is 266 g/mol. The maximum Gasteiger partial charge on any atom is 0.109 e. The zero-order valence-electron chi connectivity index (χ0n) is 12.1. The molecule has 1 heterocycles. The Kier molecular flexibility index (Phi) is 4.89. The summed E-state index contributed by atoms with van der Waals surface area (Å²) in [4.78, 5) is 5.78. The standard InChI is InChI=1S/C16H19N3S/c1-4-15-10-18-16(20-15)12(3)19-11(2)14-7-5-6-13(8-14)9-17/h5-8,10-12,19H,4H2,1-3H3. The van der Waals surface area contributed by atoms with E-state index in [-0.39, 0.29) is 12.1 Å². The molecule has 0 aliphatic heterocycles. The van der Waals surface area contributed by atoms with E-state index in [1.807, 2.05) is 30.5 Å². The third-order valence-electron chi connectivity index (χ3n) is 3.31. The molecule has 0 fully saturated rings. The van der Waals surface area contributed by atoms with Gasteiger partial charge in [0.15, 0.2) is 0 Å². The Hall–Kier alpha value is -1.70. The lowest BCUT2D eigenvalue weighted by atomic mass is 10.1. The normalized spacial score (nSPS) is 13.7. The van der Waals surface area contributed by atoms with E-state index in [1.54, 1.807) is 11.3 Å². The van der Waals surface area contributed by atoms with Gasteiger partial charge in [0, 0.05) is 17.1 Å². The fraction of sp³-hybridized carbons (Fsp3) is 0.375. The van der Waals surface area contributed by atoms with Gasteiger partial charge in [-0.15, -0.1) is 11.3 Å². The Labute approximate surface area is 124 Å². The average Bonchev–Trinajstić information content (AvgIpc) is 2.96. The summed E-state index contributed by atoms with van der Waals surface area (Å²) in [6, 6.07) is 10.3. The molecule has 0 radical (unpaired) electrons. The van der Waals surface area contributed by atoms with Crippen LogP contribution >= 0.6 is 11.3 Å². The molecule has 1 aromatic heterocycles. The van der Waals surface area contributed by atoms with Crippen LogP contribution in [-0.2, 0) is 6.42 Å². The van der Waals surface area contributed by atoms with E-state index in [0.717, 1.165) is 17.0 Å². The number of thiazole rings is 1. The third-order valence-corrected chi connectivity index (χ3v) is 4.63. The number of hydrogen-bond donors (Lipinski definition) is 1. The van der Waals surface area contributed by atoms with E-state index in [1.165, 1.54) is 4.88 Å². The predicted molar refractivity (Wildman–Crippen MR) is 82.6 cm³/mol. The van der Waals surface area contributed by atoms with Gasteiger partial charge in [-0.25, -0.2) is 4.98 Å². The van der Waals surface area contributed by atoms with E-state index in [9.17, 15) is 0 Å². The van der Waals surface area contributed by atoms with Crippen LogP contribution < -0.4 is 5.32 Å². The molecule has 2 atom stereocenters. The lowest BCUT2D eigenvalue weighted by molar-refractivity contribution is 0.493.